The average molecular weight is 349 g/mol. The van der Waals surface area contributed by atoms with Gasteiger partial charge in [-0.05, 0) is 35.7 Å². The number of ether oxygens (including phenoxy) is 1. The Hall–Kier alpha value is -2.38. The lowest BCUT2D eigenvalue weighted by molar-refractivity contribution is -0.139. The van der Waals surface area contributed by atoms with Crippen LogP contribution in [0.4, 0.5) is 0 Å². The quantitative estimate of drug-likeness (QED) is 0.762. The zero-order chi connectivity index (χ0) is 17.6. The van der Waals surface area contributed by atoms with Crippen LogP contribution in [-0.4, -0.2) is 32.6 Å². The molecule has 0 aliphatic carbocycles. The minimum absolute atomic E-state index is 0.0444. The van der Waals surface area contributed by atoms with E-state index in [0.717, 1.165) is 5.56 Å². The number of carboxylic acids is 1. The summed E-state index contributed by atoms with van der Waals surface area (Å²) in [5.74, 6) is -0.627. The zero-order valence-electron chi connectivity index (χ0n) is 13.2. The van der Waals surface area contributed by atoms with Gasteiger partial charge in [0.2, 0.25) is 10.0 Å². The second-order valence-electron chi connectivity index (χ2n) is 5.32. The molecular formula is C17H19NO5S. The topological polar surface area (TPSA) is 92.7 Å². The van der Waals surface area contributed by atoms with E-state index in [1.54, 1.807) is 54.6 Å². The van der Waals surface area contributed by atoms with E-state index in [1.165, 1.54) is 0 Å². The molecule has 6 nitrogen and oxygen atoms in total. The van der Waals surface area contributed by atoms with Crippen LogP contribution in [0.1, 0.15) is 18.4 Å². The first kappa shape index (κ1) is 18.0. The van der Waals surface area contributed by atoms with Crippen molar-refractivity contribution >= 4 is 16.0 Å². The maximum atomic E-state index is 12.2. The fourth-order valence-electron chi connectivity index (χ4n) is 2.07. The minimum atomic E-state index is -3.53. The molecule has 0 heterocycles. The van der Waals surface area contributed by atoms with Crippen molar-refractivity contribution in [1.29, 1.82) is 0 Å². The molecule has 2 aromatic carbocycles. The van der Waals surface area contributed by atoms with E-state index in [2.05, 4.69) is 4.72 Å². The van der Waals surface area contributed by atoms with Gasteiger partial charge in [0.25, 0.3) is 0 Å². The van der Waals surface area contributed by atoms with Gasteiger partial charge in [0, 0.05) is 6.54 Å². The maximum Gasteiger partial charge on any atom is 0.341 e. The number of benzene rings is 2. The van der Waals surface area contributed by atoms with Crippen LogP contribution in [0.5, 0.6) is 5.75 Å². The Bertz CT molecular complexity index is 772. The summed E-state index contributed by atoms with van der Waals surface area (Å²) in [6.07, 6.45) is 0. The monoisotopic (exact) mass is 349 g/mol. The fraction of sp³-hybridized carbons (Fsp3) is 0.235. The summed E-state index contributed by atoms with van der Waals surface area (Å²) in [6, 6.07) is 15.1. The molecule has 24 heavy (non-hydrogen) atoms. The highest BCUT2D eigenvalue weighted by atomic mass is 32.2. The van der Waals surface area contributed by atoms with Crippen molar-refractivity contribution in [2.75, 3.05) is 13.2 Å². The number of nitrogens with one attached hydrogen (secondary N) is 1. The third-order valence-corrected chi connectivity index (χ3v) is 4.88. The van der Waals surface area contributed by atoms with Gasteiger partial charge in [0.05, 0.1) is 4.90 Å². The van der Waals surface area contributed by atoms with Gasteiger partial charge in [-0.3, -0.25) is 0 Å². The first-order valence-corrected chi connectivity index (χ1v) is 8.86. The number of sulfonamides is 1. The van der Waals surface area contributed by atoms with Gasteiger partial charge in [0.1, 0.15) is 5.75 Å². The predicted octanol–water partition coefficient (Wildman–Crippen LogP) is 2.23. The van der Waals surface area contributed by atoms with E-state index >= 15 is 0 Å². The van der Waals surface area contributed by atoms with Gasteiger partial charge in [-0.15, -0.1) is 0 Å². The summed E-state index contributed by atoms with van der Waals surface area (Å²) >= 11 is 0. The van der Waals surface area contributed by atoms with E-state index in [4.69, 9.17) is 9.84 Å². The number of hydrogen-bond acceptors (Lipinski definition) is 4. The molecule has 0 bridgehead atoms. The van der Waals surface area contributed by atoms with Crippen molar-refractivity contribution in [2.24, 2.45) is 0 Å². The molecule has 1 unspecified atom stereocenters. The van der Waals surface area contributed by atoms with E-state index in [1.807, 2.05) is 6.92 Å². The second-order valence-corrected chi connectivity index (χ2v) is 7.08. The fourth-order valence-corrected chi connectivity index (χ4v) is 3.22. The van der Waals surface area contributed by atoms with Crippen LogP contribution in [0.25, 0.3) is 0 Å². The third-order valence-electron chi connectivity index (χ3n) is 3.44. The molecule has 2 rings (SSSR count). The standard InChI is InChI=1S/C17H19NO5S/c1-13(11-18-24(21,22)16-5-3-2-4-6-16)14-7-9-15(10-8-14)23-12-17(19)20/h2-10,13,18H,11-12H2,1H3,(H,19,20). The molecule has 0 radical (unpaired) electrons. The molecule has 128 valence electrons. The van der Waals surface area contributed by atoms with E-state index in [0.29, 0.717) is 5.75 Å². The first-order chi connectivity index (χ1) is 11.4. The number of aliphatic carboxylic acids is 1. The van der Waals surface area contributed by atoms with Crippen molar-refractivity contribution in [2.45, 2.75) is 17.7 Å². The molecule has 0 saturated carbocycles. The SMILES string of the molecule is CC(CNS(=O)(=O)c1ccccc1)c1ccc(OCC(=O)O)cc1. The summed E-state index contributed by atoms with van der Waals surface area (Å²) in [7, 11) is -3.53. The van der Waals surface area contributed by atoms with E-state index in [9.17, 15) is 13.2 Å². The van der Waals surface area contributed by atoms with Crippen LogP contribution < -0.4 is 9.46 Å². The lowest BCUT2D eigenvalue weighted by atomic mass is 10.0. The van der Waals surface area contributed by atoms with E-state index < -0.39 is 22.6 Å². The molecule has 0 saturated heterocycles. The van der Waals surface area contributed by atoms with Crippen molar-refractivity contribution in [3.05, 3.63) is 60.2 Å². The maximum absolute atomic E-state index is 12.2. The summed E-state index contributed by atoms with van der Waals surface area (Å²) < 4.78 is 32.0. The number of rotatable bonds is 8. The highest BCUT2D eigenvalue weighted by Crippen LogP contribution is 2.19. The van der Waals surface area contributed by atoms with Gasteiger partial charge >= 0.3 is 5.97 Å². The molecule has 2 aromatic rings. The molecule has 0 spiro atoms. The number of hydrogen-bond donors (Lipinski definition) is 2. The summed E-state index contributed by atoms with van der Waals surface area (Å²) in [4.78, 5) is 10.7. The molecule has 1 atom stereocenters. The van der Waals surface area contributed by atoms with Gasteiger partial charge < -0.3 is 9.84 Å². The molecular weight excluding hydrogens is 330 g/mol. The second kappa shape index (κ2) is 7.94. The Kier molecular flexibility index (Phi) is 5.94. The Morgan fingerprint density at radius 1 is 1.12 bits per heavy atom. The van der Waals surface area contributed by atoms with Crippen LogP contribution in [0.2, 0.25) is 0 Å². The molecule has 0 aromatic heterocycles. The Morgan fingerprint density at radius 3 is 2.33 bits per heavy atom. The normalized spacial score (nSPS) is 12.5. The van der Waals surface area contributed by atoms with Crippen LogP contribution in [-0.2, 0) is 14.8 Å². The Morgan fingerprint density at radius 2 is 1.75 bits per heavy atom. The Labute approximate surface area is 141 Å². The number of carboxylic acid groups (broad SMARTS) is 1. The molecule has 0 aliphatic rings. The van der Waals surface area contributed by atoms with Gasteiger partial charge in [-0.1, -0.05) is 37.3 Å². The molecule has 0 aliphatic heterocycles. The van der Waals surface area contributed by atoms with Crippen LogP contribution in [0.15, 0.2) is 59.5 Å². The highest BCUT2D eigenvalue weighted by molar-refractivity contribution is 7.89. The number of carbonyl (C=O) groups is 1. The molecule has 7 heteroatoms. The zero-order valence-corrected chi connectivity index (χ0v) is 14.0. The lowest BCUT2D eigenvalue weighted by Gasteiger charge is -2.14. The molecule has 2 N–H and O–H groups in total. The van der Waals surface area contributed by atoms with Gasteiger partial charge in [-0.2, -0.15) is 0 Å². The smallest absolute Gasteiger partial charge is 0.341 e. The molecule has 0 amide bonds. The van der Waals surface area contributed by atoms with Gasteiger partial charge in [0.15, 0.2) is 6.61 Å². The van der Waals surface area contributed by atoms with Crippen molar-refractivity contribution in [3.63, 3.8) is 0 Å². The van der Waals surface area contributed by atoms with Crippen LogP contribution in [0.3, 0.4) is 0 Å². The van der Waals surface area contributed by atoms with E-state index in [-0.39, 0.29) is 17.4 Å². The van der Waals surface area contributed by atoms with Gasteiger partial charge in [-0.25, -0.2) is 17.9 Å². The van der Waals surface area contributed by atoms with Crippen molar-refractivity contribution < 1.29 is 23.1 Å². The Balaban J connectivity index is 1.95. The van der Waals surface area contributed by atoms with Crippen molar-refractivity contribution in [3.8, 4) is 5.75 Å². The molecule has 0 fully saturated rings. The predicted molar refractivity (Wildman–Crippen MR) is 89.6 cm³/mol. The van der Waals surface area contributed by atoms with Crippen LogP contribution in [0, 0.1) is 0 Å². The van der Waals surface area contributed by atoms with Crippen LogP contribution >= 0.6 is 0 Å². The largest absolute Gasteiger partial charge is 0.482 e. The summed E-state index contributed by atoms with van der Waals surface area (Å²) in [5.41, 5.74) is 0.924. The summed E-state index contributed by atoms with van der Waals surface area (Å²) in [5, 5.41) is 8.57. The highest BCUT2D eigenvalue weighted by Gasteiger charge is 2.15. The third kappa shape index (κ3) is 5.07. The lowest BCUT2D eigenvalue weighted by Crippen LogP contribution is -2.27. The first-order valence-electron chi connectivity index (χ1n) is 7.38. The summed E-state index contributed by atoms with van der Waals surface area (Å²) in [6.45, 7) is 1.76. The van der Waals surface area contributed by atoms with Crippen molar-refractivity contribution in [1.82, 2.24) is 4.72 Å². The minimum Gasteiger partial charge on any atom is -0.482 e. The average Bonchev–Trinajstić information content (AvgIpc) is 2.59.